The summed E-state index contributed by atoms with van der Waals surface area (Å²) in [5.74, 6) is 0.717. The normalized spacial score (nSPS) is 25.8. The predicted octanol–water partition coefficient (Wildman–Crippen LogP) is 2.65. The molecule has 0 aromatic heterocycles. The van der Waals surface area contributed by atoms with E-state index >= 15 is 0 Å². The summed E-state index contributed by atoms with van der Waals surface area (Å²) >= 11 is 12.7. The smallest absolute Gasteiger partial charge is 0.121 e. The van der Waals surface area contributed by atoms with Gasteiger partial charge in [-0.3, -0.25) is 4.90 Å². The summed E-state index contributed by atoms with van der Waals surface area (Å²) < 4.78 is 0. The predicted molar refractivity (Wildman–Crippen MR) is 110 cm³/mol. The van der Waals surface area contributed by atoms with Crippen LogP contribution in [-0.2, 0) is 0 Å². The van der Waals surface area contributed by atoms with E-state index in [4.69, 9.17) is 23.2 Å². The molecule has 1 aromatic carbocycles. The highest BCUT2D eigenvalue weighted by Gasteiger charge is 2.37. The first-order valence-electron chi connectivity index (χ1n) is 9.81. The Bertz CT molecular complexity index is 796. The van der Waals surface area contributed by atoms with Gasteiger partial charge in [-0.1, -0.05) is 23.2 Å². The van der Waals surface area contributed by atoms with Gasteiger partial charge in [0.25, 0.3) is 0 Å². The Morgan fingerprint density at radius 2 is 1.93 bits per heavy atom. The Kier molecular flexibility index (Phi) is 4.72. The van der Waals surface area contributed by atoms with Crippen molar-refractivity contribution in [1.82, 2.24) is 25.8 Å². The molecule has 0 amide bonds. The van der Waals surface area contributed by atoms with Gasteiger partial charge in [-0.15, -0.1) is 0 Å². The average molecular weight is 406 g/mol. The second-order valence-corrected chi connectivity index (χ2v) is 8.62. The van der Waals surface area contributed by atoms with Crippen molar-refractivity contribution in [2.45, 2.75) is 19.0 Å². The molecule has 0 bridgehead atoms. The largest absolute Gasteiger partial charge is 0.383 e. The maximum atomic E-state index is 6.57. The molecule has 2 fully saturated rings. The third-order valence-corrected chi connectivity index (χ3v) is 6.37. The van der Waals surface area contributed by atoms with Crippen LogP contribution in [0.4, 0.5) is 0 Å². The number of fused-ring (bicyclic) bond motifs is 1. The van der Waals surface area contributed by atoms with E-state index in [0.29, 0.717) is 10.0 Å². The number of piperazine rings is 1. The number of nitrogens with zero attached hydrogens (tertiary/aromatic N) is 2. The topological polar surface area (TPSA) is 42.6 Å². The van der Waals surface area contributed by atoms with Gasteiger partial charge in [0.05, 0.1) is 23.0 Å². The van der Waals surface area contributed by atoms with Crippen LogP contribution in [0.15, 0.2) is 35.8 Å². The van der Waals surface area contributed by atoms with Crippen molar-refractivity contribution in [3.05, 3.63) is 51.4 Å². The minimum absolute atomic E-state index is 0.229. The second kappa shape index (κ2) is 7.21. The molecule has 7 heteroatoms. The van der Waals surface area contributed by atoms with E-state index < -0.39 is 0 Å². The molecule has 1 aromatic rings. The maximum Gasteiger partial charge on any atom is 0.121 e. The van der Waals surface area contributed by atoms with Crippen molar-refractivity contribution in [2.24, 2.45) is 5.92 Å². The number of rotatable bonds is 4. The van der Waals surface area contributed by atoms with E-state index in [-0.39, 0.29) is 6.17 Å². The van der Waals surface area contributed by atoms with Gasteiger partial charge < -0.3 is 20.9 Å². The fourth-order valence-electron chi connectivity index (χ4n) is 4.18. The van der Waals surface area contributed by atoms with E-state index in [1.54, 1.807) is 0 Å². The zero-order valence-electron chi connectivity index (χ0n) is 15.3. The highest BCUT2D eigenvalue weighted by molar-refractivity contribution is 6.35. The molecule has 1 saturated heterocycles. The first-order chi connectivity index (χ1) is 13.2. The van der Waals surface area contributed by atoms with Gasteiger partial charge >= 0.3 is 0 Å². The van der Waals surface area contributed by atoms with Gasteiger partial charge in [0.2, 0.25) is 0 Å². The Morgan fingerprint density at radius 3 is 2.67 bits per heavy atom. The molecule has 1 atom stereocenters. The summed E-state index contributed by atoms with van der Waals surface area (Å²) in [6.07, 6.45) is 5.16. The van der Waals surface area contributed by atoms with Crippen molar-refractivity contribution >= 4 is 28.9 Å². The summed E-state index contributed by atoms with van der Waals surface area (Å²) in [6.45, 7) is 6.07. The minimum atomic E-state index is 0.229. The fourth-order valence-corrected chi connectivity index (χ4v) is 4.68. The van der Waals surface area contributed by atoms with Crippen LogP contribution in [-0.4, -0.2) is 55.2 Å². The molecule has 3 heterocycles. The Hall–Kier alpha value is -1.40. The summed E-state index contributed by atoms with van der Waals surface area (Å²) in [7, 11) is 0. The Morgan fingerprint density at radius 1 is 1.11 bits per heavy atom. The lowest BCUT2D eigenvalue weighted by Crippen LogP contribution is -2.49. The number of allylic oxidation sites excluding steroid dienone is 1. The molecule has 144 valence electrons. The SMILES string of the molecule is Clc1ccc(C2=C(CN3CCNCC3)N3C=C(C4CC4)NCC3N2)c(Cl)c1. The number of nitrogens with one attached hydrogen (secondary N) is 3. The molecule has 0 spiro atoms. The Balaban J connectivity index is 1.52. The van der Waals surface area contributed by atoms with Crippen molar-refractivity contribution in [3.8, 4) is 0 Å². The average Bonchev–Trinajstić information content (AvgIpc) is 3.46. The van der Waals surface area contributed by atoms with Gasteiger partial charge in [0, 0.05) is 61.1 Å². The van der Waals surface area contributed by atoms with Crippen molar-refractivity contribution in [2.75, 3.05) is 39.3 Å². The lowest BCUT2D eigenvalue weighted by molar-refractivity contribution is 0.227. The first kappa shape index (κ1) is 17.7. The monoisotopic (exact) mass is 405 g/mol. The van der Waals surface area contributed by atoms with Crippen LogP contribution in [0.5, 0.6) is 0 Å². The van der Waals surface area contributed by atoms with E-state index in [1.807, 2.05) is 18.2 Å². The molecule has 0 radical (unpaired) electrons. The molecular formula is C20H25Cl2N5. The quantitative estimate of drug-likeness (QED) is 0.718. The molecular weight excluding hydrogens is 381 g/mol. The number of halogens is 2. The molecule has 1 aliphatic carbocycles. The summed E-state index contributed by atoms with van der Waals surface area (Å²) in [5.41, 5.74) is 4.86. The number of hydrogen-bond acceptors (Lipinski definition) is 5. The van der Waals surface area contributed by atoms with Gasteiger partial charge in [-0.05, 0) is 31.0 Å². The van der Waals surface area contributed by atoms with Crippen LogP contribution in [0.1, 0.15) is 18.4 Å². The fraction of sp³-hybridized carbons (Fsp3) is 0.500. The van der Waals surface area contributed by atoms with Crippen LogP contribution >= 0.6 is 23.2 Å². The summed E-state index contributed by atoms with van der Waals surface area (Å²) in [4.78, 5) is 4.96. The highest BCUT2D eigenvalue weighted by atomic mass is 35.5. The van der Waals surface area contributed by atoms with Gasteiger partial charge in [0.15, 0.2) is 0 Å². The maximum absolute atomic E-state index is 6.57. The van der Waals surface area contributed by atoms with Gasteiger partial charge in [-0.2, -0.15) is 0 Å². The second-order valence-electron chi connectivity index (χ2n) is 7.78. The van der Waals surface area contributed by atoms with Crippen LogP contribution in [0.2, 0.25) is 10.0 Å². The summed E-state index contributed by atoms with van der Waals surface area (Å²) in [5, 5.41) is 12.1. The van der Waals surface area contributed by atoms with Crippen LogP contribution in [0.25, 0.3) is 5.70 Å². The summed E-state index contributed by atoms with van der Waals surface area (Å²) in [6, 6.07) is 5.78. The molecule has 5 rings (SSSR count). The van der Waals surface area contributed by atoms with E-state index in [0.717, 1.165) is 56.4 Å². The van der Waals surface area contributed by atoms with Gasteiger partial charge in [-0.25, -0.2) is 0 Å². The standard InChI is InChI=1S/C20H25Cl2N5/c21-14-3-4-15(16(22)9-14)20-18(12-26-7-5-23-6-8-26)27-11-17(13-1-2-13)24-10-19(27)25-20/h3-4,9,11,13,19,23-25H,1-2,5-8,10,12H2. The van der Waals surface area contributed by atoms with Crippen LogP contribution in [0.3, 0.4) is 0 Å². The molecule has 3 N–H and O–H groups in total. The lowest BCUT2D eigenvalue weighted by atomic mass is 10.1. The van der Waals surface area contributed by atoms with Crippen LogP contribution < -0.4 is 16.0 Å². The Labute approximate surface area is 170 Å². The van der Waals surface area contributed by atoms with Crippen molar-refractivity contribution in [1.29, 1.82) is 0 Å². The van der Waals surface area contributed by atoms with E-state index in [2.05, 4.69) is 32.0 Å². The minimum Gasteiger partial charge on any atom is -0.383 e. The first-order valence-corrected chi connectivity index (χ1v) is 10.6. The highest BCUT2D eigenvalue weighted by Crippen LogP contribution is 2.39. The van der Waals surface area contributed by atoms with E-state index in [1.165, 1.54) is 24.2 Å². The molecule has 5 nitrogen and oxygen atoms in total. The molecule has 27 heavy (non-hydrogen) atoms. The number of hydrogen-bond donors (Lipinski definition) is 3. The van der Waals surface area contributed by atoms with Crippen molar-refractivity contribution < 1.29 is 0 Å². The van der Waals surface area contributed by atoms with Crippen molar-refractivity contribution in [3.63, 3.8) is 0 Å². The van der Waals surface area contributed by atoms with E-state index in [9.17, 15) is 0 Å². The molecule has 3 aliphatic heterocycles. The molecule has 1 saturated carbocycles. The zero-order chi connectivity index (χ0) is 18.4. The lowest BCUT2D eigenvalue weighted by Gasteiger charge is -2.35. The molecule has 4 aliphatic rings. The van der Waals surface area contributed by atoms with Crippen LogP contribution in [0, 0.1) is 5.92 Å². The molecule has 1 unspecified atom stereocenters. The third kappa shape index (κ3) is 3.54. The number of benzene rings is 1. The third-order valence-electron chi connectivity index (χ3n) is 5.83. The zero-order valence-corrected chi connectivity index (χ0v) is 16.8. The van der Waals surface area contributed by atoms with Gasteiger partial charge in [0.1, 0.15) is 6.17 Å².